The summed E-state index contributed by atoms with van der Waals surface area (Å²) in [6, 6.07) is 12.9. The molecule has 0 spiro atoms. The van der Waals surface area contributed by atoms with E-state index >= 15 is 0 Å². The maximum absolute atomic E-state index is 13.4. The van der Waals surface area contributed by atoms with Gasteiger partial charge in [-0.2, -0.15) is 5.10 Å². The highest BCUT2D eigenvalue weighted by Crippen LogP contribution is 2.35. The number of imide groups is 1. The van der Waals surface area contributed by atoms with Gasteiger partial charge in [0.05, 0.1) is 40.7 Å². The van der Waals surface area contributed by atoms with Crippen LogP contribution in [0.25, 0.3) is 16.7 Å². The molecule has 7 nitrogen and oxygen atoms in total. The Kier molecular flexibility index (Phi) is 4.15. The van der Waals surface area contributed by atoms with Crippen molar-refractivity contribution in [1.82, 2.24) is 14.8 Å². The maximum atomic E-state index is 13.4. The molecule has 0 fully saturated rings. The highest BCUT2D eigenvalue weighted by molar-refractivity contribution is 6.37. The quantitative estimate of drug-likeness (QED) is 0.472. The Hall–Kier alpha value is -4.00. The average Bonchev–Trinajstić information content (AvgIpc) is 3.24. The Morgan fingerprint density at radius 1 is 0.903 bits per heavy atom. The van der Waals surface area contributed by atoms with Gasteiger partial charge in [-0.25, -0.2) is 14.6 Å². The van der Waals surface area contributed by atoms with Crippen molar-refractivity contribution in [3.63, 3.8) is 0 Å². The van der Waals surface area contributed by atoms with Gasteiger partial charge in [0.1, 0.15) is 5.75 Å². The molecule has 4 aromatic rings. The summed E-state index contributed by atoms with van der Waals surface area (Å²) in [6.45, 7) is 5.92. The first-order valence-electron chi connectivity index (χ1n) is 9.89. The Labute approximate surface area is 178 Å². The lowest BCUT2D eigenvalue weighted by atomic mass is 10.1. The number of ether oxygens (including phenoxy) is 1. The molecular formula is C24H20N4O3. The second kappa shape index (κ2) is 6.77. The topological polar surface area (TPSA) is 77.3 Å². The molecule has 0 atom stereocenters. The van der Waals surface area contributed by atoms with E-state index in [2.05, 4.69) is 10.1 Å². The molecule has 0 aliphatic carbocycles. The molecule has 0 saturated carbocycles. The molecule has 2 aromatic carbocycles. The zero-order valence-corrected chi connectivity index (χ0v) is 17.6. The largest absolute Gasteiger partial charge is 0.497 e. The highest BCUT2D eigenvalue weighted by Gasteiger charge is 2.40. The van der Waals surface area contributed by atoms with Crippen LogP contribution < -0.4 is 9.64 Å². The van der Waals surface area contributed by atoms with E-state index in [9.17, 15) is 9.59 Å². The average molecular weight is 412 g/mol. The second-order valence-corrected chi connectivity index (χ2v) is 7.66. The van der Waals surface area contributed by atoms with Gasteiger partial charge in [-0.1, -0.05) is 12.1 Å². The van der Waals surface area contributed by atoms with Gasteiger partial charge in [0.25, 0.3) is 11.8 Å². The number of nitrogens with zero attached hydrogens (tertiary/aromatic N) is 4. The van der Waals surface area contributed by atoms with Crippen LogP contribution in [0.3, 0.4) is 0 Å². The molecule has 0 saturated heterocycles. The molecule has 0 N–H and O–H groups in total. The zero-order chi connectivity index (χ0) is 21.9. The second-order valence-electron chi connectivity index (χ2n) is 7.66. The number of amides is 2. The van der Waals surface area contributed by atoms with Crippen molar-refractivity contribution in [2.45, 2.75) is 20.8 Å². The number of hydrogen-bond acceptors (Lipinski definition) is 5. The number of benzene rings is 2. The van der Waals surface area contributed by atoms with E-state index in [1.807, 2.05) is 39.0 Å². The minimum Gasteiger partial charge on any atom is -0.497 e. The summed E-state index contributed by atoms with van der Waals surface area (Å²) < 4.78 is 6.97. The van der Waals surface area contributed by atoms with Crippen LogP contribution in [-0.2, 0) is 0 Å². The number of carbonyl (C=O) groups excluding carboxylic acids is 2. The Morgan fingerprint density at radius 2 is 1.71 bits per heavy atom. The summed E-state index contributed by atoms with van der Waals surface area (Å²) in [5.41, 5.74) is 5.44. The first kappa shape index (κ1) is 19.0. The summed E-state index contributed by atoms with van der Waals surface area (Å²) in [5.74, 6) is -0.222. The number of hydrogen-bond donors (Lipinski definition) is 0. The van der Waals surface area contributed by atoms with Gasteiger partial charge < -0.3 is 4.74 Å². The molecule has 5 rings (SSSR count). The van der Waals surface area contributed by atoms with Crippen LogP contribution in [0, 0.1) is 20.8 Å². The van der Waals surface area contributed by atoms with E-state index in [1.54, 1.807) is 36.1 Å². The monoisotopic (exact) mass is 412 g/mol. The van der Waals surface area contributed by atoms with Gasteiger partial charge in [-0.05, 0) is 56.2 Å². The fourth-order valence-electron chi connectivity index (χ4n) is 3.98. The molecule has 1 aliphatic heterocycles. The van der Waals surface area contributed by atoms with E-state index in [4.69, 9.17) is 4.74 Å². The van der Waals surface area contributed by atoms with Crippen molar-refractivity contribution in [2.75, 3.05) is 12.0 Å². The predicted molar refractivity (Wildman–Crippen MR) is 117 cm³/mol. The van der Waals surface area contributed by atoms with Crippen LogP contribution in [0.1, 0.15) is 37.5 Å². The molecule has 2 amide bonds. The Bertz CT molecular complexity index is 1400. The van der Waals surface area contributed by atoms with E-state index in [-0.39, 0.29) is 11.5 Å². The maximum Gasteiger partial charge on any atom is 0.267 e. The van der Waals surface area contributed by atoms with Crippen LogP contribution in [0.5, 0.6) is 5.75 Å². The van der Waals surface area contributed by atoms with Crippen molar-refractivity contribution in [1.29, 1.82) is 0 Å². The van der Waals surface area contributed by atoms with Gasteiger partial charge in [-0.3, -0.25) is 9.59 Å². The van der Waals surface area contributed by atoms with Crippen molar-refractivity contribution >= 4 is 28.5 Å². The van der Waals surface area contributed by atoms with Crippen LogP contribution in [-0.4, -0.2) is 33.7 Å². The molecule has 7 heteroatoms. The van der Waals surface area contributed by atoms with E-state index in [0.29, 0.717) is 33.7 Å². The fourth-order valence-corrected chi connectivity index (χ4v) is 3.98. The summed E-state index contributed by atoms with van der Waals surface area (Å²) in [4.78, 5) is 32.2. The first-order chi connectivity index (χ1) is 14.9. The Morgan fingerprint density at radius 3 is 2.45 bits per heavy atom. The zero-order valence-electron chi connectivity index (χ0n) is 17.6. The third-order valence-electron chi connectivity index (χ3n) is 5.77. The molecule has 31 heavy (non-hydrogen) atoms. The number of fused-ring (bicyclic) bond motifs is 3. The van der Waals surface area contributed by atoms with Gasteiger partial charge in [0.2, 0.25) is 0 Å². The lowest BCUT2D eigenvalue weighted by Crippen LogP contribution is -2.29. The van der Waals surface area contributed by atoms with Crippen LogP contribution >= 0.6 is 0 Å². The van der Waals surface area contributed by atoms with Gasteiger partial charge in [0, 0.05) is 12.3 Å². The van der Waals surface area contributed by atoms with E-state index in [1.165, 1.54) is 16.7 Å². The molecule has 1 aliphatic rings. The van der Waals surface area contributed by atoms with Crippen molar-refractivity contribution in [2.24, 2.45) is 0 Å². The van der Waals surface area contributed by atoms with E-state index in [0.717, 1.165) is 11.3 Å². The van der Waals surface area contributed by atoms with Gasteiger partial charge in [0.15, 0.2) is 5.65 Å². The lowest BCUT2D eigenvalue weighted by Gasteiger charge is -2.14. The third kappa shape index (κ3) is 2.73. The number of methoxy groups -OCH3 is 1. The van der Waals surface area contributed by atoms with Crippen LogP contribution in [0.15, 0.2) is 48.7 Å². The molecule has 0 bridgehead atoms. The summed E-state index contributed by atoms with van der Waals surface area (Å²) in [7, 11) is 1.54. The van der Waals surface area contributed by atoms with Gasteiger partial charge >= 0.3 is 0 Å². The minimum absolute atomic E-state index is 0.281. The number of anilines is 1. The van der Waals surface area contributed by atoms with E-state index < -0.39 is 5.91 Å². The molecular weight excluding hydrogens is 392 g/mol. The molecule has 3 heterocycles. The molecule has 0 radical (unpaired) electrons. The predicted octanol–water partition coefficient (Wildman–Crippen LogP) is 4.15. The fraction of sp³-hybridized carbons (Fsp3) is 0.167. The summed E-state index contributed by atoms with van der Waals surface area (Å²) in [5, 5.41) is 5.24. The Balaban J connectivity index is 1.69. The SMILES string of the molecule is COc1cccc(N2C(=O)c3cnc4c(c(C)nn4-c4ccc(C)c(C)c4)c3C2=O)c1. The summed E-state index contributed by atoms with van der Waals surface area (Å²) in [6.07, 6.45) is 1.47. The normalized spacial score (nSPS) is 13.2. The molecule has 154 valence electrons. The molecule has 0 unspecified atom stereocenters. The minimum atomic E-state index is -0.402. The standard InChI is InChI=1S/C24H20N4O3/c1-13-8-9-17(10-14(13)2)28-22-20(15(3)26-28)21-19(12-25-22)23(29)27(24(21)30)16-6-5-7-18(11-16)31-4/h5-12H,1-4H3. The smallest absolute Gasteiger partial charge is 0.267 e. The van der Waals surface area contributed by atoms with Crippen molar-refractivity contribution < 1.29 is 14.3 Å². The first-order valence-corrected chi connectivity index (χ1v) is 9.89. The van der Waals surface area contributed by atoms with Crippen molar-refractivity contribution in [3.8, 4) is 11.4 Å². The van der Waals surface area contributed by atoms with Crippen molar-refractivity contribution in [3.05, 3.63) is 76.6 Å². The molecule has 2 aromatic heterocycles. The number of carbonyl (C=O) groups is 2. The highest BCUT2D eigenvalue weighted by atomic mass is 16.5. The van der Waals surface area contributed by atoms with Gasteiger partial charge in [-0.15, -0.1) is 0 Å². The number of aryl methyl sites for hydroxylation is 3. The third-order valence-corrected chi connectivity index (χ3v) is 5.77. The van der Waals surface area contributed by atoms with Crippen LogP contribution in [0.2, 0.25) is 0 Å². The number of rotatable bonds is 3. The lowest BCUT2D eigenvalue weighted by molar-refractivity contribution is 0.0926. The summed E-state index contributed by atoms with van der Waals surface area (Å²) >= 11 is 0. The van der Waals surface area contributed by atoms with Crippen LogP contribution in [0.4, 0.5) is 5.69 Å². The number of aromatic nitrogens is 3. The number of pyridine rings is 1.